The SMILES string of the molecule is CC(O)C(NC(=O)/C=C/C=C/CCCCCC1CCCC1)C(=O)N[C@H]1C[C@@H](O)CCNC(=O)/C=C/[C@H](C)NC1=O. The van der Waals surface area contributed by atoms with Gasteiger partial charge < -0.3 is 31.5 Å². The van der Waals surface area contributed by atoms with Crippen LogP contribution in [-0.2, 0) is 19.2 Å². The third-order valence-corrected chi connectivity index (χ3v) is 7.34. The smallest absolute Gasteiger partial charge is 0.245 e. The third-order valence-electron chi connectivity index (χ3n) is 7.34. The lowest BCUT2D eigenvalue weighted by Gasteiger charge is -2.26. The fourth-order valence-corrected chi connectivity index (χ4v) is 5.00. The predicted octanol–water partition coefficient (Wildman–Crippen LogP) is 1.92. The number of carbonyl (C=O) groups is 4. The maximum atomic E-state index is 13.0. The Labute approximate surface area is 238 Å². The summed E-state index contributed by atoms with van der Waals surface area (Å²) < 4.78 is 0. The van der Waals surface area contributed by atoms with E-state index in [2.05, 4.69) is 21.3 Å². The maximum absolute atomic E-state index is 13.0. The Kier molecular flexibility index (Phi) is 15.3. The van der Waals surface area contributed by atoms with Crippen LogP contribution in [0.15, 0.2) is 36.5 Å². The number of aliphatic hydroxyl groups is 2. The third kappa shape index (κ3) is 13.4. The highest BCUT2D eigenvalue weighted by molar-refractivity contribution is 5.95. The lowest BCUT2D eigenvalue weighted by molar-refractivity contribution is -0.134. The van der Waals surface area contributed by atoms with E-state index in [9.17, 15) is 29.4 Å². The van der Waals surface area contributed by atoms with E-state index in [1.165, 1.54) is 70.1 Å². The van der Waals surface area contributed by atoms with Gasteiger partial charge in [-0.05, 0) is 39.0 Å². The molecular weight excluding hydrogens is 512 g/mol. The Morgan fingerprint density at radius 1 is 1.12 bits per heavy atom. The summed E-state index contributed by atoms with van der Waals surface area (Å²) in [7, 11) is 0. The van der Waals surface area contributed by atoms with Crippen molar-refractivity contribution in [1.29, 1.82) is 0 Å². The molecule has 2 rings (SSSR count). The molecule has 2 unspecified atom stereocenters. The minimum atomic E-state index is -1.30. The van der Waals surface area contributed by atoms with E-state index in [1.807, 2.05) is 6.08 Å². The van der Waals surface area contributed by atoms with Crippen molar-refractivity contribution in [2.45, 2.75) is 115 Å². The highest BCUT2D eigenvalue weighted by Gasteiger charge is 2.31. The second-order valence-electron chi connectivity index (χ2n) is 11.0. The van der Waals surface area contributed by atoms with E-state index in [4.69, 9.17) is 0 Å². The van der Waals surface area contributed by atoms with E-state index in [0.29, 0.717) is 0 Å². The van der Waals surface area contributed by atoms with Gasteiger partial charge in [-0.3, -0.25) is 19.2 Å². The van der Waals surface area contributed by atoms with Crippen LogP contribution in [0.25, 0.3) is 0 Å². The van der Waals surface area contributed by atoms with Gasteiger partial charge in [-0.2, -0.15) is 0 Å². The van der Waals surface area contributed by atoms with E-state index in [-0.39, 0.29) is 25.3 Å². The van der Waals surface area contributed by atoms with Crippen LogP contribution in [0, 0.1) is 5.92 Å². The normalized spacial score (nSPS) is 25.4. The summed E-state index contributed by atoms with van der Waals surface area (Å²) in [5.74, 6) is -1.26. The van der Waals surface area contributed by atoms with Gasteiger partial charge in [0.2, 0.25) is 23.6 Å². The fourth-order valence-electron chi connectivity index (χ4n) is 5.00. The first kappa shape index (κ1) is 33.2. The molecule has 2 aliphatic rings. The van der Waals surface area contributed by atoms with Crippen molar-refractivity contribution in [2.24, 2.45) is 5.92 Å². The summed E-state index contributed by atoms with van der Waals surface area (Å²) in [6, 6.07) is -2.91. The van der Waals surface area contributed by atoms with Crippen molar-refractivity contribution in [3.63, 3.8) is 0 Å². The zero-order chi connectivity index (χ0) is 29.3. The molecule has 224 valence electrons. The molecule has 6 N–H and O–H groups in total. The highest BCUT2D eigenvalue weighted by atomic mass is 16.3. The molecule has 0 aromatic rings. The van der Waals surface area contributed by atoms with Crippen LogP contribution < -0.4 is 21.3 Å². The summed E-state index contributed by atoms with van der Waals surface area (Å²) in [6.45, 7) is 3.24. The molecule has 4 amide bonds. The number of unbranched alkanes of at least 4 members (excludes halogenated alkanes) is 3. The van der Waals surface area contributed by atoms with Gasteiger partial charge in [-0.25, -0.2) is 0 Å². The van der Waals surface area contributed by atoms with Gasteiger partial charge in [0.15, 0.2) is 0 Å². The molecule has 1 aliphatic carbocycles. The number of rotatable bonds is 12. The van der Waals surface area contributed by atoms with E-state index < -0.39 is 48.1 Å². The second kappa shape index (κ2) is 18.4. The number of carbonyl (C=O) groups excluding carboxylic acids is 4. The van der Waals surface area contributed by atoms with Gasteiger partial charge >= 0.3 is 0 Å². The van der Waals surface area contributed by atoms with E-state index in [1.54, 1.807) is 19.1 Å². The Balaban J connectivity index is 1.84. The van der Waals surface area contributed by atoms with Crippen LogP contribution in [0.3, 0.4) is 0 Å². The zero-order valence-electron chi connectivity index (χ0n) is 23.9. The quantitative estimate of drug-likeness (QED) is 0.122. The molecule has 10 heteroatoms. The molecule has 0 aromatic carbocycles. The monoisotopic (exact) mass is 560 g/mol. The summed E-state index contributed by atoms with van der Waals surface area (Å²) in [5.41, 5.74) is 0. The van der Waals surface area contributed by atoms with Gasteiger partial charge in [-0.1, -0.05) is 69.2 Å². The molecule has 1 fully saturated rings. The Morgan fingerprint density at radius 3 is 2.60 bits per heavy atom. The molecule has 0 aromatic heterocycles. The molecule has 5 atom stereocenters. The van der Waals surface area contributed by atoms with Crippen LogP contribution in [-0.4, -0.2) is 70.7 Å². The Hall–Kier alpha value is -2.98. The van der Waals surface area contributed by atoms with Crippen molar-refractivity contribution in [2.75, 3.05) is 6.54 Å². The molecule has 1 heterocycles. The number of amides is 4. The highest BCUT2D eigenvalue weighted by Crippen LogP contribution is 2.29. The van der Waals surface area contributed by atoms with Gasteiger partial charge in [-0.15, -0.1) is 0 Å². The molecule has 1 saturated carbocycles. The molecule has 0 saturated heterocycles. The molecule has 0 bridgehead atoms. The van der Waals surface area contributed by atoms with Crippen molar-refractivity contribution < 1.29 is 29.4 Å². The zero-order valence-corrected chi connectivity index (χ0v) is 23.9. The number of hydrogen-bond acceptors (Lipinski definition) is 6. The summed E-state index contributed by atoms with van der Waals surface area (Å²) in [6.07, 6.45) is 18.8. The van der Waals surface area contributed by atoms with Crippen molar-refractivity contribution in [3.8, 4) is 0 Å². The van der Waals surface area contributed by atoms with Crippen LogP contribution >= 0.6 is 0 Å². The van der Waals surface area contributed by atoms with Gasteiger partial charge in [0.25, 0.3) is 0 Å². The predicted molar refractivity (Wildman–Crippen MR) is 154 cm³/mol. The topological polar surface area (TPSA) is 157 Å². The second-order valence-corrected chi connectivity index (χ2v) is 11.0. The van der Waals surface area contributed by atoms with Crippen LogP contribution in [0.4, 0.5) is 0 Å². The average molecular weight is 561 g/mol. The lowest BCUT2D eigenvalue weighted by atomic mass is 9.99. The largest absolute Gasteiger partial charge is 0.393 e. The minimum Gasteiger partial charge on any atom is -0.393 e. The minimum absolute atomic E-state index is 0.102. The molecule has 0 radical (unpaired) electrons. The van der Waals surface area contributed by atoms with Gasteiger partial charge in [0.1, 0.15) is 12.1 Å². The lowest BCUT2D eigenvalue weighted by Crippen LogP contribution is -2.58. The number of allylic oxidation sites excluding steroid dienone is 3. The van der Waals surface area contributed by atoms with E-state index in [0.717, 1.165) is 18.8 Å². The number of aliphatic hydroxyl groups excluding tert-OH is 2. The van der Waals surface area contributed by atoms with E-state index >= 15 is 0 Å². The summed E-state index contributed by atoms with van der Waals surface area (Å²) >= 11 is 0. The maximum Gasteiger partial charge on any atom is 0.245 e. The Bertz CT molecular complexity index is 910. The standard InChI is InChI=1S/C30H48N4O6/c1-21-16-17-26(37)31-19-18-24(36)20-25(29(39)32-21)33-30(40)28(22(2)35)34-27(38)15-9-7-5-3-4-6-8-12-23-13-10-11-14-23/h5,7,9,15-17,21-25,28,35-36H,3-4,6,8,10-14,18-20H2,1-2H3,(H,31,37)(H,32,39)(H,33,40)(H,34,38)/b7-5+,15-9+,17-16+/t21-,22?,24-,25-,28?/m0/s1. The number of nitrogens with one attached hydrogen (secondary N) is 4. The molecule has 40 heavy (non-hydrogen) atoms. The first-order chi connectivity index (χ1) is 19.2. The fraction of sp³-hybridized carbons (Fsp3) is 0.667. The molecule has 10 nitrogen and oxygen atoms in total. The average Bonchev–Trinajstić information content (AvgIpc) is 3.42. The molecular formula is C30H48N4O6. The van der Waals surface area contributed by atoms with Gasteiger partial charge in [0, 0.05) is 31.2 Å². The Morgan fingerprint density at radius 2 is 1.88 bits per heavy atom. The van der Waals surface area contributed by atoms with Crippen LogP contribution in [0.5, 0.6) is 0 Å². The molecule has 0 spiro atoms. The summed E-state index contributed by atoms with van der Waals surface area (Å²) in [5, 5.41) is 30.9. The summed E-state index contributed by atoms with van der Waals surface area (Å²) in [4.78, 5) is 49.9. The molecule has 1 aliphatic heterocycles. The first-order valence-electron chi connectivity index (χ1n) is 14.7. The van der Waals surface area contributed by atoms with Crippen molar-refractivity contribution in [1.82, 2.24) is 21.3 Å². The van der Waals surface area contributed by atoms with Crippen LogP contribution in [0.1, 0.15) is 84.5 Å². The van der Waals surface area contributed by atoms with Crippen LogP contribution in [0.2, 0.25) is 0 Å². The first-order valence-corrected chi connectivity index (χ1v) is 14.7. The van der Waals surface area contributed by atoms with Crippen molar-refractivity contribution in [3.05, 3.63) is 36.5 Å². The van der Waals surface area contributed by atoms with Crippen molar-refractivity contribution >= 4 is 23.6 Å². The van der Waals surface area contributed by atoms with Gasteiger partial charge in [0.05, 0.1) is 12.2 Å². The number of hydrogen-bond donors (Lipinski definition) is 6.